The molecule has 0 unspecified atom stereocenters. The third-order valence-electron chi connectivity index (χ3n) is 4.80. The van der Waals surface area contributed by atoms with Crippen LogP contribution in [0, 0.1) is 0 Å². The Hall–Kier alpha value is -3.16. The second-order valence-corrected chi connectivity index (χ2v) is 6.49. The van der Waals surface area contributed by atoms with Gasteiger partial charge in [-0.25, -0.2) is 5.10 Å². The number of aromatic amines is 1. The van der Waals surface area contributed by atoms with Gasteiger partial charge in [0.2, 0.25) is 5.91 Å². The quantitative estimate of drug-likeness (QED) is 0.749. The number of aryl methyl sites for hydroxylation is 1. The maximum atomic E-state index is 12.3. The highest BCUT2D eigenvalue weighted by Gasteiger charge is 2.25. The molecule has 1 aromatic carbocycles. The van der Waals surface area contributed by atoms with E-state index in [2.05, 4.69) is 15.5 Å². The van der Waals surface area contributed by atoms with Crippen LogP contribution in [0.1, 0.15) is 37.1 Å². The Labute approximate surface area is 162 Å². The van der Waals surface area contributed by atoms with Crippen molar-refractivity contribution in [2.45, 2.75) is 39.7 Å². The molecule has 0 atom stereocenters. The van der Waals surface area contributed by atoms with Crippen molar-refractivity contribution in [3.8, 4) is 5.75 Å². The summed E-state index contributed by atoms with van der Waals surface area (Å²) in [7, 11) is 0. The number of nitrogens with zero attached hydrogens (tertiary/aromatic N) is 2. The number of nitrogens with one attached hydrogen (secondary N) is 2. The number of anilines is 1. The summed E-state index contributed by atoms with van der Waals surface area (Å²) in [6.45, 7) is 4.28. The molecule has 3 rings (SSSR count). The number of amides is 2. The minimum Gasteiger partial charge on any atom is -0.482 e. The highest BCUT2D eigenvalue weighted by atomic mass is 16.5. The summed E-state index contributed by atoms with van der Waals surface area (Å²) in [5.74, 6) is 0.219. The first-order chi connectivity index (χ1) is 13.5. The number of hydrogen-bond acceptors (Lipinski definition) is 5. The minimum absolute atomic E-state index is 0.0370. The van der Waals surface area contributed by atoms with Gasteiger partial charge in [0.1, 0.15) is 5.75 Å². The molecule has 2 aromatic rings. The van der Waals surface area contributed by atoms with Gasteiger partial charge in [-0.1, -0.05) is 26.0 Å². The molecule has 28 heavy (non-hydrogen) atoms. The monoisotopic (exact) mass is 384 g/mol. The first kappa shape index (κ1) is 19.6. The summed E-state index contributed by atoms with van der Waals surface area (Å²) >= 11 is 0. The van der Waals surface area contributed by atoms with Crippen molar-refractivity contribution in [1.82, 2.24) is 15.5 Å². The van der Waals surface area contributed by atoms with Gasteiger partial charge in [0.15, 0.2) is 6.61 Å². The number of fused-ring (bicyclic) bond motifs is 1. The molecular weight excluding hydrogens is 360 g/mol. The normalized spacial score (nSPS) is 13.1. The lowest BCUT2D eigenvalue weighted by Crippen LogP contribution is -2.41. The topological polar surface area (TPSA) is 104 Å². The molecule has 0 saturated carbocycles. The van der Waals surface area contributed by atoms with Gasteiger partial charge in [0.05, 0.1) is 11.4 Å². The van der Waals surface area contributed by atoms with E-state index >= 15 is 0 Å². The Kier molecular flexibility index (Phi) is 6.08. The Morgan fingerprint density at radius 3 is 2.75 bits per heavy atom. The zero-order chi connectivity index (χ0) is 20.1. The van der Waals surface area contributed by atoms with Crippen LogP contribution in [0.4, 0.5) is 5.69 Å². The van der Waals surface area contributed by atoms with Crippen molar-refractivity contribution in [3.05, 3.63) is 51.4 Å². The van der Waals surface area contributed by atoms with E-state index < -0.39 is 0 Å². The van der Waals surface area contributed by atoms with Crippen LogP contribution >= 0.6 is 0 Å². The lowest BCUT2D eigenvalue weighted by atomic mass is 10.0. The number of carbonyl (C=O) groups excluding carboxylic acids is 2. The van der Waals surface area contributed by atoms with Crippen LogP contribution in [0.15, 0.2) is 29.1 Å². The Bertz CT molecular complexity index is 938. The number of aromatic nitrogens is 2. The van der Waals surface area contributed by atoms with Crippen LogP contribution in [0.2, 0.25) is 0 Å². The average Bonchev–Trinajstić information content (AvgIpc) is 2.71. The van der Waals surface area contributed by atoms with E-state index in [1.54, 1.807) is 17.0 Å². The molecule has 0 radical (unpaired) electrons. The van der Waals surface area contributed by atoms with E-state index in [1.807, 2.05) is 26.0 Å². The summed E-state index contributed by atoms with van der Waals surface area (Å²) in [4.78, 5) is 38.2. The largest absolute Gasteiger partial charge is 0.482 e. The predicted molar refractivity (Wildman–Crippen MR) is 104 cm³/mol. The number of H-pyrrole nitrogens is 1. The lowest BCUT2D eigenvalue weighted by Gasteiger charge is -2.29. The molecule has 0 saturated heterocycles. The maximum Gasteiger partial charge on any atom is 0.269 e. The highest BCUT2D eigenvalue weighted by Crippen LogP contribution is 2.31. The van der Waals surface area contributed by atoms with E-state index in [1.165, 1.54) is 0 Å². The fourth-order valence-electron chi connectivity index (χ4n) is 3.35. The average molecular weight is 384 g/mol. The van der Waals surface area contributed by atoms with Gasteiger partial charge in [-0.05, 0) is 30.5 Å². The summed E-state index contributed by atoms with van der Waals surface area (Å²) in [5, 5.41) is 9.36. The van der Waals surface area contributed by atoms with Crippen LogP contribution in [0.25, 0.3) is 0 Å². The van der Waals surface area contributed by atoms with Gasteiger partial charge < -0.3 is 15.0 Å². The van der Waals surface area contributed by atoms with E-state index in [0.717, 1.165) is 11.3 Å². The second-order valence-electron chi connectivity index (χ2n) is 6.49. The zero-order valence-corrected chi connectivity index (χ0v) is 16.1. The van der Waals surface area contributed by atoms with E-state index in [9.17, 15) is 14.4 Å². The highest BCUT2D eigenvalue weighted by molar-refractivity contribution is 5.98. The SMILES string of the molecule is CCc1n[nH]c(=O)c(CNC(=O)CCN2C(=O)COc3ccccc32)c1CC. The summed E-state index contributed by atoms with van der Waals surface area (Å²) in [6.07, 6.45) is 1.51. The van der Waals surface area contributed by atoms with Gasteiger partial charge in [0.25, 0.3) is 11.5 Å². The Balaban J connectivity index is 1.63. The lowest BCUT2D eigenvalue weighted by molar-refractivity contribution is -0.122. The van der Waals surface area contributed by atoms with Crippen molar-refractivity contribution in [3.63, 3.8) is 0 Å². The van der Waals surface area contributed by atoms with Crippen LogP contribution in [-0.4, -0.2) is 35.2 Å². The molecule has 8 nitrogen and oxygen atoms in total. The molecule has 0 spiro atoms. The van der Waals surface area contributed by atoms with Crippen LogP contribution in [-0.2, 0) is 29.0 Å². The summed E-state index contributed by atoms with van der Waals surface area (Å²) in [6, 6.07) is 7.24. The number of ether oxygens (including phenoxy) is 1. The van der Waals surface area contributed by atoms with Gasteiger partial charge >= 0.3 is 0 Å². The van der Waals surface area contributed by atoms with Crippen LogP contribution in [0.5, 0.6) is 5.75 Å². The van der Waals surface area contributed by atoms with Crippen LogP contribution in [0.3, 0.4) is 0 Å². The maximum absolute atomic E-state index is 12.3. The zero-order valence-electron chi connectivity index (χ0n) is 16.1. The number of rotatable bonds is 7. The van der Waals surface area contributed by atoms with Crippen molar-refractivity contribution in [2.24, 2.45) is 0 Å². The fraction of sp³-hybridized carbons (Fsp3) is 0.400. The third kappa shape index (κ3) is 4.05. The van der Waals surface area contributed by atoms with Gasteiger partial charge in [0, 0.05) is 25.1 Å². The van der Waals surface area contributed by atoms with Gasteiger partial charge in [-0.15, -0.1) is 0 Å². The van der Waals surface area contributed by atoms with E-state index in [4.69, 9.17) is 4.74 Å². The van der Waals surface area contributed by atoms with Gasteiger partial charge in [-0.3, -0.25) is 14.4 Å². The Morgan fingerprint density at radius 1 is 1.21 bits per heavy atom. The minimum atomic E-state index is -0.286. The summed E-state index contributed by atoms with van der Waals surface area (Å²) in [5.41, 5.74) is 2.63. The first-order valence-corrected chi connectivity index (χ1v) is 9.43. The number of hydrogen-bond donors (Lipinski definition) is 2. The summed E-state index contributed by atoms with van der Waals surface area (Å²) < 4.78 is 5.40. The predicted octanol–water partition coefficient (Wildman–Crippen LogP) is 1.33. The molecule has 0 bridgehead atoms. The number of benzene rings is 1. The molecular formula is C20H24N4O4. The molecule has 148 valence electrons. The van der Waals surface area contributed by atoms with Crippen molar-refractivity contribution in [2.75, 3.05) is 18.1 Å². The first-order valence-electron chi connectivity index (χ1n) is 9.43. The molecule has 8 heteroatoms. The van der Waals surface area contributed by atoms with Crippen LogP contribution < -0.4 is 20.5 Å². The van der Waals surface area contributed by atoms with Crippen molar-refractivity contribution < 1.29 is 14.3 Å². The Morgan fingerprint density at radius 2 is 2.00 bits per heavy atom. The van der Waals surface area contributed by atoms with Gasteiger partial charge in [-0.2, -0.15) is 5.10 Å². The standard InChI is InChI=1S/C20H24N4O4/c1-3-13-14(20(27)23-22-15(13)4-2)11-21-18(25)9-10-24-16-7-5-6-8-17(16)28-12-19(24)26/h5-8H,3-4,9-12H2,1-2H3,(H,21,25)(H,23,27). The van der Waals surface area contributed by atoms with E-state index in [-0.39, 0.29) is 43.5 Å². The molecule has 1 aliphatic rings. The molecule has 2 heterocycles. The molecule has 2 N–H and O–H groups in total. The number of para-hydroxylation sites is 2. The molecule has 0 fully saturated rings. The van der Waals surface area contributed by atoms with Crippen molar-refractivity contribution in [1.29, 1.82) is 0 Å². The van der Waals surface area contributed by atoms with E-state index in [0.29, 0.717) is 29.8 Å². The molecule has 2 amide bonds. The molecule has 1 aromatic heterocycles. The fourth-order valence-corrected chi connectivity index (χ4v) is 3.35. The molecule has 1 aliphatic heterocycles. The molecule has 0 aliphatic carbocycles. The second kappa shape index (κ2) is 8.69. The third-order valence-corrected chi connectivity index (χ3v) is 4.80. The smallest absolute Gasteiger partial charge is 0.269 e. The van der Waals surface area contributed by atoms with Crippen molar-refractivity contribution >= 4 is 17.5 Å². The number of carbonyl (C=O) groups is 2.